The number of nitrogens with zero attached hydrogens (tertiary/aromatic N) is 4. The number of fused-ring (bicyclic) bond motifs is 3. The molecule has 6 heteroatoms. The number of benzene rings is 4. The summed E-state index contributed by atoms with van der Waals surface area (Å²) in [5.41, 5.74) is 7.01. The van der Waals surface area contributed by atoms with Crippen molar-refractivity contribution in [1.29, 1.82) is 0 Å². The van der Waals surface area contributed by atoms with E-state index in [0.29, 0.717) is 0 Å². The molecule has 0 fully saturated rings. The number of aryl methyl sites for hydroxylation is 1. The second-order valence-corrected chi connectivity index (χ2v) is 12.1. The monoisotopic (exact) mass is 583 g/mol. The van der Waals surface area contributed by atoms with Crippen LogP contribution < -0.4 is 9.47 Å². The van der Waals surface area contributed by atoms with Crippen molar-refractivity contribution in [3.8, 4) is 16.3 Å². The van der Waals surface area contributed by atoms with Gasteiger partial charge in [0.15, 0.2) is 11.0 Å². The molecule has 0 saturated heterocycles. The molecular weight excluding hydrogens is 553 g/mol. The Balaban J connectivity index is 1.27. The predicted octanol–water partition coefficient (Wildman–Crippen LogP) is 9.26. The van der Waals surface area contributed by atoms with E-state index in [2.05, 4.69) is 155 Å². The van der Waals surface area contributed by atoms with Gasteiger partial charge in [0.2, 0.25) is 0 Å². The number of anilines is 1. The van der Waals surface area contributed by atoms with Gasteiger partial charge < -0.3 is 4.90 Å². The Labute approximate surface area is 254 Å². The first-order valence-electron chi connectivity index (χ1n) is 14.3. The molecule has 3 heterocycles. The van der Waals surface area contributed by atoms with E-state index in [4.69, 9.17) is 4.98 Å². The van der Waals surface area contributed by atoms with Crippen LogP contribution in [-0.4, -0.2) is 16.1 Å². The van der Waals surface area contributed by atoms with Gasteiger partial charge in [0, 0.05) is 23.1 Å². The zero-order valence-electron chi connectivity index (χ0n) is 23.6. The van der Waals surface area contributed by atoms with E-state index in [0.717, 1.165) is 40.7 Å². The molecule has 0 radical (unpaired) electrons. The van der Waals surface area contributed by atoms with E-state index in [9.17, 15) is 0 Å². The summed E-state index contributed by atoms with van der Waals surface area (Å²) in [6.45, 7) is 6.22. The number of rotatable bonds is 7. The van der Waals surface area contributed by atoms with E-state index in [1.54, 1.807) is 11.3 Å². The van der Waals surface area contributed by atoms with Gasteiger partial charge in [0.05, 0.1) is 27.5 Å². The Morgan fingerprint density at radius 3 is 2.48 bits per heavy atom. The van der Waals surface area contributed by atoms with Crippen LogP contribution in [0.2, 0.25) is 0 Å². The molecule has 4 aromatic carbocycles. The van der Waals surface area contributed by atoms with Gasteiger partial charge in [-0.25, -0.2) is 9.55 Å². The van der Waals surface area contributed by atoms with Crippen molar-refractivity contribution in [3.63, 3.8) is 0 Å². The number of thioether (sulfide) groups is 1. The summed E-state index contributed by atoms with van der Waals surface area (Å²) in [7, 11) is 0. The van der Waals surface area contributed by atoms with Gasteiger partial charge in [-0.2, -0.15) is 4.57 Å². The summed E-state index contributed by atoms with van der Waals surface area (Å²) >= 11 is 3.58. The van der Waals surface area contributed by atoms with Crippen LogP contribution in [-0.2, 0) is 6.54 Å². The number of thiazole rings is 1. The molecule has 0 saturated carbocycles. The average Bonchev–Trinajstić information content (AvgIpc) is 3.72. The maximum absolute atomic E-state index is 4.93. The third kappa shape index (κ3) is 4.77. The summed E-state index contributed by atoms with van der Waals surface area (Å²) in [5.74, 6) is 1.13. The number of allylic oxidation sites excluding steroid dienone is 4. The Kier molecular flexibility index (Phi) is 7.24. The first-order valence-corrected chi connectivity index (χ1v) is 16.0. The molecule has 0 N–H and O–H groups in total. The molecule has 6 aromatic rings. The molecule has 7 rings (SSSR count). The quantitative estimate of drug-likeness (QED) is 0.138. The largest absolute Gasteiger partial charge is 0.335 e. The van der Waals surface area contributed by atoms with Crippen molar-refractivity contribution >= 4 is 56.1 Å². The minimum Gasteiger partial charge on any atom is -0.335 e. The van der Waals surface area contributed by atoms with E-state index < -0.39 is 0 Å². The topological polar surface area (TPSA) is 24.9 Å². The van der Waals surface area contributed by atoms with Gasteiger partial charge in [0.25, 0.3) is 5.82 Å². The fourth-order valence-electron chi connectivity index (χ4n) is 5.62. The molecule has 0 unspecified atom stereocenters. The molecule has 2 aromatic heterocycles. The SMILES string of the molecule is CCN1\C(=C/C=C/C=C/c2n(-c3ccccc3)c3ccc(-c4nc5ccccc5s4)cc3[n+]2CC)Sc2ccccc21. The van der Waals surface area contributed by atoms with Gasteiger partial charge in [-0.15, -0.1) is 11.3 Å². The van der Waals surface area contributed by atoms with Crippen molar-refractivity contribution in [3.05, 3.63) is 132 Å². The van der Waals surface area contributed by atoms with Crippen LogP contribution >= 0.6 is 23.1 Å². The number of hydrogen-bond acceptors (Lipinski definition) is 4. The first-order chi connectivity index (χ1) is 20.7. The highest BCUT2D eigenvalue weighted by molar-refractivity contribution is 8.03. The van der Waals surface area contributed by atoms with Crippen molar-refractivity contribution in [1.82, 2.24) is 9.55 Å². The number of aromatic nitrogens is 3. The standard InChI is InChI=1S/C36H31N4S2/c1-3-38-31-25-26(36-37-28-17-11-13-19-32(28)42-36)23-24-29(31)40(27-15-7-5-8-16-27)34(38)21-9-6-10-22-35-39(4-2)30-18-12-14-20-33(30)41-35/h5-25H,3-4H2,1-2H3/q+1. The fourth-order valence-corrected chi connectivity index (χ4v) is 7.72. The van der Waals surface area contributed by atoms with Crippen LogP contribution in [0.5, 0.6) is 0 Å². The zero-order valence-corrected chi connectivity index (χ0v) is 25.3. The normalized spacial score (nSPS) is 14.3. The zero-order chi connectivity index (χ0) is 28.5. The predicted molar refractivity (Wildman–Crippen MR) is 179 cm³/mol. The van der Waals surface area contributed by atoms with E-state index in [-0.39, 0.29) is 0 Å². The minimum absolute atomic E-state index is 0.855. The van der Waals surface area contributed by atoms with E-state index >= 15 is 0 Å². The second-order valence-electron chi connectivity index (χ2n) is 10.0. The van der Waals surface area contributed by atoms with Gasteiger partial charge in [-0.3, -0.25) is 0 Å². The lowest BCUT2D eigenvalue weighted by Crippen LogP contribution is -2.35. The number of hydrogen-bond donors (Lipinski definition) is 0. The third-order valence-corrected chi connectivity index (χ3v) is 9.76. The Morgan fingerprint density at radius 2 is 1.64 bits per heavy atom. The summed E-state index contributed by atoms with van der Waals surface area (Å²) < 4.78 is 5.96. The van der Waals surface area contributed by atoms with E-state index in [1.807, 2.05) is 11.8 Å². The lowest BCUT2D eigenvalue weighted by atomic mass is 10.2. The Morgan fingerprint density at radius 1 is 0.833 bits per heavy atom. The number of para-hydroxylation sites is 3. The van der Waals surface area contributed by atoms with Crippen LogP contribution in [0.15, 0.2) is 131 Å². The summed E-state index contributed by atoms with van der Waals surface area (Å²) in [6.07, 6.45) is 10.9. The summed E-state index contributed by atoms with van der Waals surface area (Å²) in [6, 6.07) is 34.3. The highest BCUT2D eigenvalue weighted by Gasteiger charge is 2.25. The molecule has 206 valence electrons. The number of imidazole rings is 1. The maximum atomic E-state index is 4.93. The van der Waals surface area contributed by atoms with Gasteiger partial charge in [-0.05, 0) is 74.5 Å². The lowest BCUT2D eigenvalue weighted by molar-refractivity contribution is -0.670. The fraction of sp³-hybridized carbons (Fsp3) is 0.111. The molecule has 42 heavy (non-hydrogen) atoms. The Bertz CT molecular complexity index is 1960. The molecule has 1 aliphatic rings. The van der Waals surface area contributed by atoms with Crippen molar-refractivity contribution in [2.24, 2.45) is 0 Å². The van der Waals surface area contributed by atoms with Crippen LogP contribution in [0, 0.1) is 0 Å². The highest BCUT2D eigenvalue weighted by atomic mass is 32.2. The Hall–Kier alpha value is -4.39. The molecule has 4 nitrogen and oxygen atoms in total. The van der Waals surface area contributed by atoms with Crippen LogP contribution in [0.4, 0.5) is 5.69 Å². The molecule has 0 amide bonds. The van der Waals surface area contributed by atoms with Gasteiger partial charge >= 0.3 is 0 Å². The van der Waals surface area contributed by atoms with Crippen molar-refractivity contribution in [2.75, 3.05) is 11.4 Å². The summed E-state index contributed by atoms with van der Waals surface area (Å²) in [4.78, 5) is 8.62. The second kappa shape index (κ2) is 11.5. The van der Waals surface area contributed by atoms with Crippen LogP contribution in [0.25, 0.3) is 43.6 Å². The molecular formula is C36H31N4S2+. The molecule has 0 atom stereocenters. The van der Waals surface area contributed by atoms with Crippen molar-refractivity contribution < 1.29 is 4.57 Å². The van der Waals surface area contributed by atoms with Gasteiger partial charge in [0.1, 0.15) is 10.7 Å². The van der Waals surface area contributed by atoms with E-state index in [1.165, 1.54) is 31.3 Å². The third-order valence-electron chi connectivity index (χ3n) is 7.54. The van der Waals surface area contributed by atoms with Crippen LogP contribution in [0.3, 0.4) is 0 Å². The highest BCUT2D eigenvalue weighted by Crippen LogP contribution is 2.45. The lowest BCUT2D eigenvalue weighted by Gasteiger charge is -2.17. The van der Waals surface area contributed by atoms with Crippen molar-refractivity contribution in [2.45, 2.75) is 25.3 Å². The first kappa shape index (κ1) is 26.5. The average molecular weight is 584 g/mol. The maximum Gasteiger partial charge on any atom is 0.287 e. The summed E-state index contributed by atoms with van der Waals surface area (Å²) in [5, 5.41) is 2.31. The smallest absolute Gasteiger partial charge is 0.287 e. The van der Waals surface area contributed by atoms with Gasteiger partial charge in [-0.1, -0.05) is 72.5 Å². The molecule has 0 bridgehead atoms. The molecule has 1 aliphatic heterocycles. The minimum atomic E-state index is 0.855. The van der Waals surface area contributed by atoms with Crippen LogP contribution in [0.1, 0.15) is 19.7 Å². The molecule has 0 aliphatic carbocycles. The molecule has 0 spiro atoms.